The number of amides is 1. The molecule has 6 nitrogen and oxygen atoms in total. The van der Waals surface area contributed by atoms with Gasteiger partial charge in [0.1, 0.15) is 12.3 Å². The van der Waals surface area contributed by atoms with Gasteiger partial charge in [-0.2, -0.15) is 0 Å². The third-order valence-electron chi connectivity index (χ3n) is 6.89. The number of fused-ring (bicyclic) bond motifs is 1. The molecule has 0 saturated heterocycles. The van der Waals surface area contributed by atoms with Crippen LogP contribution in [0.25, 0.3) is 0 Å². The third kappa shape index (κ3) is 6.35. The molecule has 1 atom stereocenters. The van der Waals surface area contributed by atoms with Crippen molar-refractivity contribution >= 4 is 33.4 Å². The topological polar surface area (TPSA) is 75.7 Å². The van der Waals surface area contributed by atoms with Gasteiger partial charge in [-0.3, -0.25) is 9.10 Å². The molecule has 202 valence electrons. The molecule has 1 unspecified atom stereocenters. The highest BCUT2D eigenvalue weighted by Crippen LogP contribution is 2.33. The summed E-state index contributed by atoms with van der Waals surface area (Å²) < 4.78 is 34.7. The minimum absolute atomic E-state index is 0.121. The van der Waals surface area contributed by atoms with Crippen LogP contribution in [-0.4, -0.2) is 33.7 Å². The molecule has 1 aliphatic carbocycles. The lowest BCUT2D eigenvalue weighted by Gasteiger charge is -2.27. The number of carbonyl (C=O) groups is 1. The molecule has 0 heterocycles. The Balaban J connectivity index is 1.64. The monoisotopic (exact) mass is 552 g/mol. The first-order chi connectivity index (χ1) is 18.4. The first kappa shape index (κ1) is 28.0. The molecule has 0 spiro atoms. The van der Waals surface area contributed by atoms with Crippen LogP contribution in [0.15, 0.2) is 76.5 Å². The normalized spacial score (nSPS) is 13.9. The van der Waals surface area contributed by atoms with Crippen LogP contribution < -0.4 is 14.4 Å². The first-order valence-electron chi connectivity index (χ1n) is 13.2. The number of anilines is 1. The molecule has 4 rings (SSSR count). The van der Waals surface area contributed by atoms with E-state index < -0.39 is 10.0 Å². The van der Waals surface area contributed by atoms with Gasteiger partial charge in [-0.25, -0.2) is 8.42 Å². The van der Waals surface area contributed by atoms with E-state index in [1.807, 2.05) is 20.1 Å². The number of benzene rings is 3. The maximum Gasteiger partial charge on any atom is 0.264 e. The Bertz CT molecular complexity index is 1360. The number of para-hydroxylation sites is 2. The van der Waals surface area contributed by atoms with Crippen LogP contribution in [0.2, 0.25) is 0 Å². The molecule has 1 N–H and O–H groups in total. The zero-order valence-electron chi connectivity index (χ0n) is 22.3. The molecule has 1 amide bonds. The van der Waals surface area contributed by atoms with Gasteiger partial charge in [0, 0.05) is 4.90 Å². The molecule has 0 bridgehead atoms. The Kier molecular flexibility index (Phi) is 9.39. The second-order valence-corrected chi connectivity index (χ2v) is 12.1. The van der Waals surface area contributed by atoms with Crippen LogP contribution >= 0.6 is 11.8 Å². The fourth-order valence-electron chi connectivity index (χ4n) is 4.88. The third-order valence-corrected chi connectivity index (χ3v) is 9.40. The molecule has 0 aromatic heterocycles. The Morgan fingerprint density at radius 2 is 1.71 bits per heavy atom. The van der Waals surface area contributed by atoms with Crippen molar-refractivity contribution in [1.29, 1.82) is 0 Å². The summed E-state index contributed by atoms with van der Waals surface area (Å²) in [5.41, 5.74) is 4.13. The number of hydrogen-bond acceptors (Lipinski definition) is 5. The van der Waals surface area contributed by atoms with Crippen molar-refractivity contribution in [2.24, 2.45) is 0 Å². The van der Waals surface area contributed by atoms with E-state index in [1.54, 1.807) is 48.5 Å². The van der Waals surface area contributed by atoms with Crippen molar-refractivity contribution in [3.8, 4) is 5.75 Å². The second kappa shape index (κ2) is 12.7. The Morgan fingerprint density at radius 1 is 1.00 bits per heavy atom. The number of nitrogens with one attached hydrogen (secondary N) is 1. The Labute approximate surface area is 230 Å². The van der Waals surface area contributed by atoms with Gasteiger partial charge < -0.3 is 10.1 Å². The van der Waals surface area contributed by atoms with E-state index >= 15 is 0 Å². The highest BCUT2D eigenvalue weighted by molar-refractivity contribution is 7.98. The van der Waals surface area contributed by atoms with Crippen molar-refractivity contribution in [3.05, 3.63) is 83.4 Å². The van der Waals surface area contributed by atoms with Crippen LogP contribution in [-0.2, 0) is 27.7 Å². The highest BCUT2D eigenvalue weighted by Gasteiger charge is 2.30. The van der Waals surface area contributed by atoms with E-state index in [2.05, 4.69) is 23.5 Å². The van der Waals surface area contributed by atoms with Gasteiger partial charge in [-0.15, -0.1) is 11.8 Å². The van der Waals surface area contributed by atoms with E-state index in [0.29, 0.717) is 24.5 Å². The minimum atomic E-state index is -4.05. The summed E-state index contributed by atoms with van der Waals surface area (Å²) in [5.74, 6) is 0.0408. The van der Waals surface area contributed by atoms with Crippen LogP contribution in [0.1, 0.15) is 55.8 Å². The summed E-state index contributed by atoms with van der Waals surface area (Å²) in [7, 11) is -4.05. The quantitative estimate of drug-likeness (QED) is 0.289. The van der Waals surface area contributed by atoms with Gasteiger partial charge in [-0.1, -0.05) is 37.3 Å². The second-order valence-electron chi connectivity index (χ2n) is 9.35. The fraction of sp³-hybridized carbons (Fsp3) is 0.367. The number of nitrogens with zero attached hydrogens (tertiary/aromatic N) is 1. The molecule has 3 aromatic carbocycles. The van der Waals surface area contributed by atoms with Crippen LogP contribution in [0, 0.1) is 0 Å². The van der Waals surface area contributed by atoms with Crippen LogP contribution in [0.5, 0.6) is 5.75 Å². The molecule has 0 saturated carbocycles. The van der Waals surface area contributed by atoms with Gasteiger partial charge in [0.2, 0.25) is 5.91 Å². The van der Waals surface area contributed by atoms with Crippen LogP contribution in [0.4, 0.5) is 5.69 Å². The van der Waals surface area contributed by atoms with Crippen molar-refractivity contribution in [2.45, 2.75) is 61.8 Å². The maximum absolute atomic E-state index is 13.9. The first-order valence-corrected chi connectivity index (χ1v) is 15.8. The molecular formula is C30H36N2O4S2. The lowest BCUT2D eigenvalue weighted by Crippen LogP contribution is -2.42. The van der Waals surface area contributed by atoms with Gasteiger partial charge in [0.25, 0.3) is 10.0 Å². The van der Waals surface area contributed by atoms with Crippen LogP contribution in [0.3, 0.4) is 0 Å². The number of rotatable bonds is 11. The Hall–Kier alpha value is -2.97. The average Bonchev–Trinajstić information content (AvgIpc) is 2.95. The standard InChI is InChI=1S/C30H36N2O4S2/c1-4-27(24-15-14-22-10-6-7-11-23(22)20-24)31-30(33)21-32(28-12-8-9-13-29(28)36-5-2)38(34,35)26-18-16-25(37-3)17-19-26/h8-9,12-20,27H,4-7,10-11,21H2,1-3H3,(H,31,33). The average molecular weight is 553 g/mol. The van der Waals surface area contributed by atoms with E-state index in [1.165, 1.54) is 35.7 Å². The number of thioether (sulfide) groups is 1. The molecule has 38 heavy (non-hydrogen) atoms. The molecule has 0 fully saturated rings. The number of sulfonamides is 1. The molecule has 3 aromatic rings. The van der Waals surface area contributed by atoms with Gasteiger partial charge in [-0.05, 0) is 98.4 Å². The van der Waals surface area contributed by atoms with Gasteiger partial charge >= 0.3 is 0 Å². The number of hydrogen-bond donors (Lipinski definition) is 1. The summed E-state index contributed by atoms with van der Waals surface area (Å²) >= 11 is 1.54. The molecular weight excluding hydrogens is 516 g/mol. The maximum atomic E-state index is 13.9. The number of aryl methyl sites for hydroxylation is 2. The lowest BCUT2D eigenvalue weighted by atomic mass is 9.89. The Morgan fingerprint density at radius 3 is 2.39 bits per heavy atom. The minimum Gasteiger partial charge on any atom is -0.492 e. The fourth-order valence-corrected chi connectivity index (χ4v) is 6.72. The summed E-state index contributed by atoms with van der Waals surface area (Å²) in [5, 5.41) is 3.09. The highest BCUT2D eigenvalue weighted by atomic mass is 32.2. The summed E-state index contributed by atoms with van der Waals surface area (Å²) in [6.07, 6.45) is 7.19. The van der Waals surface area contributed by atoms with E-state index in [9.17, 15) is 13.2 Å². The largest absolute Gasteiger partial charge is 0.492 e. The van der Waals surface area contributed by atoms with Crippen molar-refractivity contribution in [2.75, 3.05) is 23.7 Å². The van der Waals surface area contributed by atoms with Crippen molar-refractivity contribution < 1.29 is 17.9 Å². The SMILES string of the molecule is CCOc1ccccc1N(CC(=O)NC(CC)c1ccc2c(c1)CCCC2)S(=O)(=O)c1ccc(SC)cc1. The predicted molar refractivity (Wildman–Crippen MR) is 155 cm³/mol. The zero-order chi connectivity index (χ0) is 27.1. The molecule has 1 aliphatic rings. The van der Waals surface area contributed by atoms with E-state index in [4.69, 9.17) is 4.74 Å². The molecule has 0 aliphatic heterocycles. The lowest BCUT2D eigenvalue weighted by molar-refractivity contribution is -0.120. The van der Waals surface area contributed by atoms with Gasteiger partial charge in [0.15, 0.2) is 0 Å². The van der Waals surface area contributed by atoms with Crippen molar-refractivity contribution in [1.82, 2.24) is 5.32 Å². The number of carbonyl (C=O) groups excluding carboxylic acids is 1. The zero-order valence-corrected chi connectivity index (χ0v) is 23.9. The van der Waals surface area contributed by atoms with E-state index in [-0.39, 0.29) is 23.4 Å². The van der Waals surface area contributed by atoms with E-state index in [0.717, 1.165) is 27.6 Å². The summed E-state index contributed by atoms with van der Waals surface area (Å²) in [6, 6.07) is 19.9. The predicted octanol–water partition coefficient (Wildman–Crippen LogP) is 6.15. The van der Waals surface area contributed by atoms with Crippen molar-refractivity contribution in [3.63, 3.8) is 0 Å². The smallest absolute Gasteiger partial charge is 0.264 e. The number of ether oxygens (including phenoxy) is 1. The summed E-state index contributed by atoms with van der Waals surface area (Å²) in [4.78, 5) is 14.5. The summed E-state index contributed by atoms with van der Waals surface area (Å²) in [6.45, 7) is 3.87. The molecule has 0 radical (unpaired) electrons. The van der Waals surface area contributed by atoms with Gasteiger partial charge in [0.05, 0.1) is 23.2 Å². The molecule has 8 heteroatoms.